The van der Waals surface area contributed by atoms with Crippen molar-refractivity contribution in [3.63, 3.8) is 0 Å². The second-order valence-electron chi connectivity index (χ2n) is 3.51. The van der Waals surface area contributed by atoms with Gasteiger partial charge in [0.1, 0.15) is 0 Å². The number of hydrogen-bond acceptors (Lipinski definition) is 1. The normalized spacial score (nSPS) is 18.1. The van der Waals surface area contributed by atoms with Gasteiger partial charge in [-0.05, 0) is 13.8 Å². The fraction of sp³-hybridized carbons (Fsp3) is 0.909. The quantitative estimate of drug-likeness (QED) is 0.592. The molecule has 2 amide bonds. The predicted octanol–water partition coefficient (Wildman–Crippen LogP) is 2.81. The number of amides is 2. The van der Waals surface area contributed by atoms with Crippen molar-refractivity contribution >= 4 is 6.03 Å². The van der Waals surface area contributed by atoms with E-state index in [1.807, 2.05) is 41.8 Å². The summed E-state index contributed by atoms with van der Waals surface area (Å²) in [6, 6.07) is 0.116. The van der Waals surface area contributed by atoms with Crippen LogP contribution in [-0.2, 0) is 0 Å². The molecule has 1 saturated heterocycles. The molecule has 0 unspecified atom stereocenters. The van der Waals surface area contributed by atoms with E-state index in [1.165, 1.54) is 0 Å². The third-order valence-corrected chi connectivity index (χ3v) is 2.15. The molecule has 1 rings (SSSR count). The van der Waals surface area contributed by atoms with Crippen molar-refractivity contribution in [1.29, 1.82) is 0 Å². The van der Waals surface area contributed by atoms with Gasteiger partial charge in [0.25, 0.3) is 0 Å². The number of carbonyl (C=O) groups excluding carboxylic acids is 1. The van der Waals surface area contributed by atoms with Crippen LogP contribution in [-0.4, -0.2) is 42.0 Å². The molecule has 0 radical (unpaired) electrons. The van der Waals surface area contributed by atoms with Crippen LogP contribution in [0.3, 0.4) is 0 Å². The van der Waals surface area contributed by atoms with Crippen LogP contribution >= 0.6 is 0 Å². The van der Waals surface area contributed by atoms with Gasteiger partial charge in [0, 0.05) is 20.6 Å². The molecule has 0 bridgehead atoms. The minimum Gasteiger partial charge on any atom is -0.325 e. The van der Waals surface area contributed by atoms with Crippen molar-refractivity contribution in [2.75, 3.05) is 20.6 Å². The SMILES string of the molecule is CC.CC.CN1CC(C)(C)N(C)C1=O. The maximum absolute atomic E-state index is 11.2. The van der Waals surface area contributed by atoms with E-state index in [4.69, 9.17) is 0 Å². The standard InChI is InChI=1S/C7H14N2O.2C2H6/c1-7(2)5-8(3)6(10)9(7)4;2*1-2/h5H2,1-4H3;2*1-2H3. The molecule has 0 N–H and O–H groups in total. The summed E-state index contributed by atoms with van der Waals surface area (Å²) in [5, 5.41) is 0. The molecular formula is C11H26N2O. The molecule has 0 saturated carbocycles. The Morgan fingerprint density at radius 3 is 1.50 bits per heavy atom. The summed E-state index contributed by atoms with van der Waals surface area (Å²) < 4.78 is 0. The Kier molecular flexibility index (Phi) is 7.51. The molecule has 0 atom stereocenters. The van der Waals surface area contributed by atoms with Gasteiger partial charge in [-0.15, -0.1) is 0 Å². The first-order valence-electron chi connectivity index (χ1n) is 5.44. The molecule has 14 heavy (non-hydrogen) atoms. The van der Waals surface area contributed by atoms with Crippen molar-refractivity contribution in [3.05, 3.63) is 0 Å². The second kappa shape index (κ2) is 6.68. The van der Waals surface area contributed by atoms with Crippen LogP contribution in [0.2, 0.25) is 0 Å². The highest BCUT2D eigenvalue weighted by Crippen LogP contribution is 2.21. The molecular weight excluding hydrogens is 176 g/mol. The minimum atomic E-state index is 0.00579. The highest BCUT2D eigenvalue weighted by molar-refractivity contribution is 5.77. The largest absolute Gasteiger partial charge is 0.325 e. The molecule has 1 heterocycles. The number of carbonyl (C=O) groups is 1. The molecule has 0 aromatic heterocycles. The first-order valence-corrected chi connectivity index (χ1v) is 5.44. The third-order valence-electron chi connectivity index (χ3n) is 2.15. The number of hydrogen-bond donors (Lipinski definition) is 0. The van der Waals surface area contributed by atoms with Gasteiger partial charge in [-0.1, -0.05) is 27.7 Å². The molecule has 1 fully saturated rings. The molecule has 0 aliphatic carbocycles. The number of rotatable bonds is 0. The predicted molar refractivity (Wildman–Crippen MR) is 62.6 cm³/mol. The number of nitrogens with zero attached hydrogens (tertiary/aromatic N) is 2. The van der Waals surface area contributed by atoms with Crippen LogP contribution < -0.4 is 0 Å². The molecule has 86 valence electrons. The van der Waals surface area contributed by atoms with Crippen molar-refractivity contribution < 1.29 is 4.79 Å². The van der Waals surface area contributed by atoms with E-state index in [2.05, 4.69) is 13.8 Å². The summed E-state index contributed by atoms with van der Waals surface area (Å²) in [7, 11) is 3.67. The lowest BCUT2D eigenvalue weighted by Crippen LogP contribution is -2.38. The first-order chi connectivity index (χ1) is 6.45. The summed E-state index contributed by atoms with van der Waals surface area (Å²) in [6.07, 6.45) is 0. The lowest BCUT2D eigenvalue weighted by Gasteiger charge is -2.24. The van der Waals surface area contributed by atoms with Gasteiger partial charge < -0.3 is 9.80 Å². The van der Waals surface area contributed by atoms with Gasteiger partial charge in [-0.3, -0.25) is 0 Å². The molecule has 0 aromatic rings. The van der Waals surface area contributed by atoms with Crippen molar-refractivity contribution in [3.8, 4) is 0 Å². The molecule has 0 spiro atoms. The van der Waals surface area contributed by atoms with Crippen LogP contribution in [0.5, 0.6) is 0 Å². The fourth-order valence-corrected chi connectivity index (χ4v) is 1.27. The van der Waals surface area contributed by atoms with Gasteiger partial charge in [0.2, 0.25) is 0 Å². The van der Waals surface area contributed by atoms with E-state index in [1.54, 1.807) is 9.80 Å². The summed E-state index contributed by atoms with van der Waals surface area (Å²) in [5.41, 5.74) is 0.00579. The van der Waals surface area contributed by atoms with E-state index in [0.29, 0.717) is 0 Å². The van der Waals surface area contributed by atoms with E-state index >= 15 is 0 Å². The maximum Gasteiger partial charge on any atom is 0.320 e. The van der Waals surface area contributed by atoms with Gasteiger partial charge in [0.05, 0.1) is 5.54 Å². The smallest absolute Gasteiger partial charge is 0.320 e. The zero-order valence-electron chi connectivity index (χ0n) is 11.0. The molecule has 3 nitrogen and oxygen atoms in total. The Hall–Kier alpha value is -0.730. The second-order valence-corrected chi connectivity index (χ2v) is 3.51. The number of likely N-dealkylation sites (N-methyl/N-ethyl adjacent to an activating group) is 2. The Morgan fingerprint density at radius 2 is 1.43 bits per heavy atom. The molecule has 1 aliphatic rings. The highest BCUT2D eigenvalue weighted by atomic mass is 16.2. The lowest BCUT2D eigenvalue weighted by atomic mass is 10.1. The monoisotopic (exact) mass is 202 g/mol. The summed E-state index contributed by atoms with van der Waals surface area (Å²) in [5.74, 6) is 0. The van der Waals surface area contributed by atoms with E-state index in [9.17, 15) is 4.79 Å². The molecule has 1 aliphatic heterocycles. The Bertz CT molecular complexity index is 167. The average Bonchev–Trinajstić information content (AvgIpc) is 2.36. The van der Waals surface area contributed by atoms with E-state index < -0.39 is 0 Å². The van der Waals surface area contributed by atoms with Crippen molar-refractivity contribution in [2.24, 2.45) is 0 Å². The summed E-state index contributed by atoms with van der Waals surface area (Å²) in [4.78, 5) is 14.7. The number of urea groups is 1. The van der Waals surface area contributed by atoms with Crippen LogP contribution in [0.1, 0.15) is 41.5 Å². The van der Waals surface area contributed by atoms with Gasteiger partial charge >= 0.3 is 6.03 Å². The molecule has 0 aromatic carbocycles. The topological polar surface area (TPSA) is 23.6 Å². The highest BCUT2D eigenvalue weighted by Gasteiger charge is 2.38. The van der Waals surface area contributed by atoms with E-state index in [-0.39, 0.29) is 11.6 Å². The lowest BCUT2D eigenvalue weighted by molar-refractivity contribution is 0.190. The third kappa shape index (κ3) is 3.56. The zero-order valence-corrected chi connectivity index (χ0v) is 11.0. The van der Waals surface area contributed by atoms with Crippen LogP contribution in [0.25, 0.3) is 0 Å². The maximum atomic E-state index is 11.2. The van der Waals surface area contributed by atoms with Crippen molar-refractivity contribution in [2.45, 2.75) is 47.1 Å². The first kappa shape index (κ1) is 15.7. The Labute approximate surface area is 89.1 Å². The molecule has 3 heteroatoms. The van der Waals surface area contributed by atoms with Crippen LogP contribution in [0, 0.1) is 0 Å². The van der Waals surface area contributed by atoms with Gasteiger partial charge in [0.15, 0.2) is 0 Å². The Morgan fingerprint density at radius 1 is 1.07 bits per heavy atom. The van der Waals surface area contributed by atoms with E-state index in [0.717, 1.165) is 6.54 Å². The minimum absolute atomic E-state index is 0.00579. The van der Waals surface area contributed by atoms with Gasteiger partial charge in [-0.2, -0.15) is 0 Å². The van der Waals surface area contributed by atoms with Crippen LogP contribution in [0.15, 0.2) is 0 Å². The van der Waals surface area contributed by atoms with Crippen molar-refractivity contribution in [1.82, 2.24) is 9.80 Å². The van der Waals surface area contributed by atoms with Crippen LogP contribution in [0.4, 0.5) is 4.79 Å². The summed E-state index contributed by atoms with van der Waals surface area (Å²) in [6.45, 7) is 12.9. The fourth-order valence-electron chi connectivity index (χ4n) is 1.27. The summed E-state index contributed by atoms with van der Waals surface area (Å²) >= 11 is 0. The zero-order chi connectivity index (χ0) is 11.9. The average molecular weight is 202 g/mol. The Balaban J connectivity index is 0. The van der Waals surface area contributed by atoms with Gasteiger partial charge in [-0.25, -0.2) is 4.79 Å².